The fraction of sp³-hybridized carbons (Fsp3) is 0.235. The second kappa shape index (κ2) is 7.52. The zero-order chi connectivity index (χ0) is 18.6. The van der Waals surface area contributed by atoms with Gasteiger partial charge >= 0.3 is 0 Å². The van der Waals surface area contributed by atoms with Gasteiger partial charge in [-0.2, -0.15) is 0 Å². The Morgan fingerprint density at radius 2 is 1.52 bits per heavy atom. The molecule has 0 atom stereocenters. The van der Waals surface area contributed by atoms with E-state index in [0.29, 0.717) is 11.5 Å². The lowest BCUT2D eigenvalue weighted by Crippen LogP contribution is -2.07. The number of carbonyl (C=O) groups excluding carboxylic acids is 1. The van der Waals surface area contributed by atoms with Crippen LogP contribution in [0.2, 0.25) is 0 Å². The maximum absolute atomic E-state index is 12.9. The van der Waals surface area contributed by atoms with Crippen molar-refractivity contribution in [2.45, 2.75) is 0 Å². The summed E-state index contributed by atoms with van der Waals surface area (Å²) in [6, 6.07) is 6.84. The van der Waals surface area contributed by atoms with E-state index in [-0.39, 0.29) is 28.3 Å². The van der Waals surface area contributed by atoms with Gasteiger partial charge in [-0.25, -0.2) is 0 Å². The van der Waals surface area contributed by atoms with Gasteiger partial charge in [0.1, 0.15) is 11.3 Å². The van der Waals surface area contributed by atoms with E-state index >= 15 is 0 Å². The molecular weight excluding hydrogens is 330 g/mol. The van der Waals surface area contributed by atoms with Crippen LogP contribution in [0.15, 0.2) is 30.3 Å². The van der Waals surface area contributed by atoms with E-state index in [4.69, 9.17) is 18.9 Å². The fourth-order valence-electron chi connectivity index (χ4n) is 2.35. The molecule has 2 rings (SSSR count). The monoisotopic (exact) mass is 347 g/mol. The SMILES string of the molecule is COc1ccc([N+](=O)[O-])c(C(=O)c2cc(OC)c(OC)c(OC)c2)c1. The van der Waals surface area contributed by atoms with Crippen LogP contribution in [-0.2, 0) is 0 Å². The molecule has 2 aromatic carbocycles. The minimum atomic E-state index is -0.620. The molecule has 25 heavy (non-hydrogen) atoms. The Morgan fingerprint density at radius 1 is 0.920 bits per heavy atom. The zero-order valence-corrected chi connectivity index (χ0v) is 14.2. The number of ketones is 1. The highest BCUT2D eigenvalue weighted by molar-refractivity contribution is 6.12. The van der Waals surface area contributed by atoms with Crippen LogP contribution in [0.4, 0.5) is 5.69 Å². The van der Waals surface area contributed by atoms with Gasteiger partial charge < -0.3 is 18.9 Å². The predicted octanol–water partition coefficient (Wildman–Crippen LogP) is 2.86. The van der Waals surface area contributed by atoms with Gasteiger partial charge in [0.25, 0.3) is 5.69 Å². The van der Waals surface area contributed by atoms with Gasteiger partial charge in [-0.3, -0.25) is 14.9 Å². The number of nitro benzene ring substituents is 1. The lowest BCUT2D eigenvalue weighted by molar-refractivity contribution is -0.385. The first-order chi connectivity index (χ1) is 12.0. The molecule has 2 aromatic rings. The molecule has 0 heterocycles. The number of methoxy groups -OCH3 is 4. The Balaban J connectivity index is 2.63. The molecule has 0 N–H and O–H groups in total. The van der Waals surface area contributed by atoms with Crippen molar-refractivity contribution in [2.75, 3.05) is 28.4 Å². The van der Waals surface area contributed by atoms with Crippen molar-refractivity contribution in [3.8, 4) is 23.0 Å². The Bertz CT molecular complexity index is 792. The smallest absolute Gasteiger partial charge is 0.280 e. The molecular formula is C17H17NO7. The summed E-state index contributed by atoms with van der Waals surface area (Å²) in [6.07, 6.45) is 0. The lowest BCUT2D eigenvalue weighted by Gasteiger charge is -2.14. The van der Waals surface area contributed by atoms with E-state index in [2.05, 4.69) is 0 Å². The minimum absolute atomic E-state index is 0.0985. The molecule has 0 aliphatic carbocycles. The minimum Gasteiger partial charge on any atom is -0.497 e. The molecule has 0 saturated heterocycles. The van der Waals surface area contributed by atoms with Gasteiger partial charge in [-0.05, 0) is 24.3 Å². The summed E-state index contributed by atoms with van der Waals surface area (Å²) in [4.78, 5) is 23.5. The van der Waals surface area contributed by atoms with Crippen LogP contribution in [-0.4, -0.2) is 39.1 Å². The summed E-state index contributed by atoms with van der Waals surface area (Å²) < 4.78 is 20.7. The number of benzene rings is 2. The molecule has 0 bridgehead atoms. The van der Waals surface area contributed by atoms with E-state index in [1.165, 1.54) is 58.8 Å². The van der Waals surface area contributed by atoms with Gasteiger partial charge in [0.2, 0.25) is 5.75 Å². The Hall–Kier alpha value is -3.29. The van der Waals surface area contributed by atoms with Crippen molar-refractivity contribution in [2.24, 2.45) is 0 Å². The highest BCUT2D eigenvalue weighted by atomic mass is 16.6. The Kier molecular flexibility index (Phi) is 5.43. The van der Waals surface area contributed by atoms with Crippen LogP contribution in [0.3, 0.4) is 0 Å². The van der Waals surface area contributed by atoms with E-state index in [0.717, 1.165) is 0 Å². The Labute approximate surface area is 144 Å². The number of ether oxygens (including phenoxy) is 4. The highest BCUT2D eigenvalue weighted by Crippen LogP contribution is 2.39. The van der Waals surface area contributed by atoms with Crippen LogP contribution < -0.4 is 18.9 Å². The number of rotatable bonds is 7. The van der Waals surface area contributed by atoms with E-state index < -0.39 is 10.7 Å². The molecule has 8 heteroatoms. The fourth-order valence-corrected chi connectivity index (χ4v) is 2.35. The number of hydrogen-bond donors (Lipinski definition) is 0. The normalized spacial score (nSPS) is 10.1. The summed E-state index contributed by atoms with van der Waals surface area (Å²) in [5.41, 5.74) is -0.260. The molecule has 8 nitrogen and oxygen atoms in total. The molecule has 0 aliphatic rings. The summed E-state index contributed by atoms with van der Waals surface area (Å²) >= 11 is 0. The quantitative estimate of drug-likeness (QED) is 0.431. The van der Waals surface area contributed by atoms with Gasteiger partial charge in [-0.1, -0.05) is 0 Å². The van der Waals surface area contributed by atoms with Crippen molar-refractivity contribution >= 4 is 11.5 Å². The topological polar surface area (TPSA) is 97.1 Å². The van der Waals surface area contributed by atoms with Crippen LogP contribution >= 0.6 is 0 Å². The van der Waals surface area contributed by atoms with Crippen molar-refractivity contribution in [1.29, 1.82) is 0 Å². The number of hydrogen-bond acceptors (Lipinski definition) is 7. The number of nitro groups is 1. The van der Waals surface area contributed by atoms with E-state index in [9.17, 15) is 14.9 Å². The van der Waals surface area contributed by atoms with Crippen molar-refractivity contribution in [3.63, 3.8) is 0 Å². The second-order valence-corrected chi connectivity index (χ2v) is 4.88. The third-order valence-corrected chi connectivity index (χ3v) is 3.57. The molecule has 0 aromatic heterocycles. The Morgan fingerprint density at radius 3 is 1.96 bits per heavy atom. The van der Waals surface area contributed by atoms with Crippen LogP contribution in [0.5, 0.6) is 23.0 Å². The van der Waals surface area contributed by atoms with Gasteiger partial charge in [-0.15, -0.1) is 0 Å². The standard InChI is InChI=1S/C17H17NO7/c1-22-11-5-6-13(18(20)21)12(9-11)16(19)10-7-14(23-2)17(25-4)15(8-10)24-3/h5-9H,1-4H3. The third-order valence-electron chi connectivity index (χ3n) is 3.57. The molecule has 132 valence electrons. The zero-order valence-electron chi connectivity index (χ0n) is 14.2. The summed E-state index contributed by atoms with van der Waals surface area (Å²) in [6.45, 7) is 0. The molecule has 0 fully saturated rings. The molecule has 0 saturated carbocycles. The molecule has 0 unspecified atom stereocenters. The van der Waals surface area contributed by atoms with Gasteiger partial charge in [0.05, 0.1) is 33.4 Å². The summed E-state index contributed by atoms with van der Waals surface area (Å²) in [5.74, 6) is 0.638. The highest BCUT2D eigenvalue weighted by Gasteiger charge is 2.25. The third kappa shape index (κ3) is 3.47. The molecule has 0 amide bonds. The largest absolute Gasteiger partial charge is 0.497 e. The number of carbonyl (C=O) groups is 1. The summed E-state index contributed by atoms with van der Waals surface area (Å²) in [7, 11) is 5.68. The summed E-state index contributed by atoms with van der Waals surface area (Å²) in [5, 5.41) is 11.2. The van der Waals surface area contributed by atoms with E-state index in [1.807, 2.05) is 0 Å². The average Bonchev–Trinajstić information content (AvgIpc) is 2.65. The van der Waals surface area contributed by atoms with E-state index in [1.54, 1.807) is 0 Å². The maximum Gasteiger partial charge on any atom is 0.280 e. The van der Waals surface area contributed by atoms with Gasteiger partial charge in [0.15, 0.2) is 17.3 Å². The van der Waals surface area contributed by atoms with Crippen LogP contribution in [0, 0.1) is 10.1 Å². The van der Waals surface area contributed by atoms with Crippen molar-refractivity contribution < 1.29 is 28.7 Å². The first kappa shape index (κ1) is 18.1. The average molecular weight is 347 g/mol. The molecule has 0 radical (unpaired) electrons. The maximum atomic E-state index is 12.9. The van der Waals surface area contributed by atoms with Crippen LogP contribution in [0.25, 0.3) is 0 Å². The molecule has 0 spiro atoms. The lowest BCUT2D eigenvalue weighted by atomic mass is 10.0. The number of nitrogens with zero attached hydrogens (tertiary/aromatic N) is 1. The van der Waals surface area contributed by atoms with Gasteiger partial charge in [0, 0.05) is 11.6 Å². The van der Waals surface area contributed by atoms with Crippen LogP contribution in [0.1, 0.15) is 15.9 Å². The molecule has 0 aliphatic heterocycles. The predicted molar refractivity (Wildman–Crippen MR) is 89.2 cm³/mol. The first-order valence-corrected chi connectivity index (χ1v) is 7.14. The first-order valence-electron chi connectivity index (χ1n) is 7.14. The second-order valence-electron chi connectivity index (χ2n) is 4.88. The van der Waals surface area contributed by atoms with Crippen molar-refractivity contribution in [3.05, 3.63) is 51.6 Å². The van der Waals surface area contributed by atoms with Crippen molar-refractivity contribution in [1.82, 2.24) is 0 Å².